The molecule has 1 aromatic rings. The molecule has 0 radical (unpaired) electrons. The number of hydrogen-bond donors (Lipinski definition) is 1. The number of hydrogen-bond acceptors (Lipinski definition) is 3. The summed E-state index contributed by atoms with van der Waals surface area (Å²) in [5.41, 5.74) is 1.87. The number of unbranched alkanes of at least 4 members (excludes halogenated alkanes) is 1. The lowest BCUT2D eigenvalue weighted by Gasteiger charge is -2.13. The van der Waals surface area contributed by atoms with Crippen LogP contribution in [0.1, 0.15) is 64.6 Å². The average molecular weight is 265 g/mol. The van der Waals surface area contributed by atoms with Crippen LogP contribution in [-0.4, -0.2) is 15.8 Å². The van der Waals surface area contributed by atoms with Crippen LogP contribution < -0.4 is 10.9 Å². The van der Waals surface area contributed by atoms with Gasteiger partial charge in [0.2, 0.25) is 0 Å². The van der Waals surface area contributed by atoms with E-state index in [1.54, 1.807) is 4.68 Å². The van der Waals surface area contributed by atoms with E-state index in [2.05, 4.69) is 45.0 Å². The number of aryl methyl sites for hydroxylation is 1. The Bertz CT molecular complexity index is 449. The first-order valence-corrected chi connectivity index (χ1v) is 7.30. The summed E-state index contributed by atoms with van der Waals surface area (Å²) in [6.45, 7) is 11.8. The Kier molecular flexibility index (Phi) is 6.22. The van der Waals surface area contributed by atoms with E-state index in [1.807, 2.05) is 6.07 Å². The van der Waals surface area contributed by atoms with E-state index in [-0.39, 0.29) is 5.56 Å². The van der Waals surface area contributed by atoms with E-state index >= 15 is 0 Å². The van der Waals surface area contributed by atoms with Crippen molar-refractivity contribution in [3.8, 4) is 0 Å². The van der Waals surface area contributed by atoms with Crippen molar-refractivity contribution in [2.24, 2.45) is 0 Å². The van der Waals surface area contributed by atoms with E-state index in [0.29, 0.717) is 25.0 Å². The Morgan fingerprint density at radius 3 is 2.53 bits per heavy atom. The van der Waals surface area contributed by atoms with E-state index in [9.17, 15) is 4.79 Å². The molecule has 108 valence electrons. The number of rotatable bonds is 7. The van der Waals surface area contributed by atoms with E-state index in [0.717, 1.165) is 24.1 Å². The predicted octanol–water partition coefficient (Wildman–Crippen LogP) is 2.66. The number of nitrogens with one attached hydrogen (secondary N) is 1. The minimum atomic E-state index is 0.0472. The van der Waals surface area contributed by atoms with Gasteiger partial charge < -0.3 is 5.32 Å². The summed E-state index contributed by atoms with van der Waals surface area (Å²) in [7, 11) is 0. The van der Waals surface area contributed by atoms with Gasteiger partial charge in [0.05, 0.1) is 5.69 Å². The monoisotopic (exact) mass is 265 g/mol. The second kappa shape index (κ2) is 7.43. The molecule has 0 saturated heterocycles. The largest absolute Gasteiger partial charge is 0.310 e. The standard InChI is InChI=1S/C15H27N3O/c1-6-7-8-18-15(19)13(10-16-12(4)5)9-14(17-18)11(2)3/h9,11-12,16H,6-8,10H2,1-5H3. The van der Waals surface area contributed by atoms with Gasteiger partial charge in [0.25, 0.3) is 5.56 Å². The molecule has 0 saturated carbocycles. The van der Waals surface area contributed by atoms with Crippen molar-refractivity contribution in [3.63, 3.8) is 0 Å². The van der Waals surface area contributed by atoms with Crippen molar-refractivity contribution >= 4 is 0 Å². The average Bonchev–Trinajstić information content (AvgIpc) is 2.35. The lowest BCUT2D eigenvalue weighted by Crippen LogP contribution is -2.32. The summed E-state index contributed by atoms with van der Waals surface area (Å²) in [4.78, 5) is 12.3. The van der Waals surface area contributed by atoms with Crippen LogP contribution >= 0.6 is 0 Å². The van der Waals surface area contributed by atoms with Crippen LogP contribution in [0.15, 0.2) is 10.9 Å². The molecule has 4 heteroatoms. The predicted molar refractivity (Wildman–Crippen MR) is 79.5 cm³/mol. The smallest absolute Gasteiger partial charge is 0.271 e. The second-order valence-corrected chi connectivity index (χ2v) is 5.67. The molecule has 1 heterocycles. The van der Waals surface area contributed by atoms with Crippen LogP contribution in [0, 0.1) is 0 Å². The summed E-state index contributed by atoms with van der Waals surface area (Å²) < 4.78 is 1.64. The van der Waals surface area contributed by atoms with Crippen LogP contribution in [0.3, 0.4) is 0 Å². The highest BCUT2D eigenvalue weighted by molar-refractivity contribution is 5.16. The zero-order valence-electron chi connectivity index (χ0n) is 12.9. The van der Waals surface area contributed by atoms with Crippen molar-refractivity contribution < 1.29 is 0 Å². The summed E-state index contributed by atoms with van der Waals surface area (Å²) in [5.74, 6) is 0.339. The molecule has 0 spiro atoms. The Balaban J connectivity index is 3.06. The van der Waals surface area contributed by atoms with Crippen molar-refractivity contribution in [1.82, 2.24) is 15.1 Å². The summed E-state index contributed by atoms with van der Waals surface area (Å²) in [6, 6.07) is 2.32. The van der Waals surface area contributed by atoms with Gasteiger partial charge in [0, 0.05) is 24.7 Å². The SMILES string of the molecule is CCCCn1nc(C(C)C)cc(CNC(C)C)c1=O. The zero-order chi connectivity index (χ0) is 14.4. The molecular weight excluding hydrogens is 238 g/mol. The van der Waals surface area contributed by atoms with Gasteiger partial charge in [-0.25, -0.2) is 4.68 Å². The van der Waals surface area contributed by atoms with Gasteiger partial charge in [-0.1, -0.05) is 41.0 Å². The van der Waals surface area contributed by atoms with E-state index in [1.165, 1.54) is 0 Å². The topological polar surface area (TPSA) is 46.9 Å². The Morgan fingerprint density at radius 1 is 1.32 bits per heavy atom. The fraction of sp³-hybridized carbons (Fsp3) is 0.733. The van der Waals surface area contributed by atoms with Gasteiger partial charge in [0.15, 0.2) is 0 Å². The van der Waals surface area contributed by atoms with E-state index < -0.39 is 0 Å². The highest BCUT2D eigenvalue weighted by Crippen LogP contribution is 2.11. The Labute approximate surface area is 116 Å². The third-order valence-electron chi connectivity index (χ3n) is 3.08. The molecular formula is C15H27N3O. The highest BCUT2D eigenvalue weighted by atomic mass is 16.1. The first-order valence-electron chi connectivity index (χ1n) is 7.30. The molecule has 0 aliphatic carbocycles. The van der Waals surface area contributed by atoms with E-state index in [4.69, 9.17) is 0 Å². The molecule has 0 aliphatic heterocycles. The molecule has 0 atom stereocenters. The number of aromatic nitrogens is 2. The number of nitrogens with zero attached hydrogens (tertiary/aromatic N) is 2. The Hall–Kier alpha value is -1.16. The molecule has 0 amide bonds. The first kappa shape index (κ1) is 15.9. The van der Waals surface area contributed by atoms with Crippen molar-refractivity contribution in [2.45, 2.75) is 72.5 Å². The molecule has 0 bridgehead atoms. The fourth-order valence-electron chi connectivity index (χ4n) is 1.80. The highest BCUT2D eigenvalue weighted by Gasteiger charge is 2.10. The third kappa shape index (κ3) is 4.78. The zero-order valence-corrected chi connectivity index (χ0v) is 12.9. The van der Waals surface area contributed by atoms with Crippen LogP contribution in [0.4, 0.5) is 0 Å². The van der Waals surface area contributed by atoms with Gasteiger partial charge in [-0.05, 0) is 18.4 Å². The Morgan fingerprint density at radius 2 is 2.00 bits per heavy atom. The normalized spacial score (nSPS) is 11.5. The molecule has 1 aromatic heterocycles. The first-order chi connectivity index (χ1) is 8.95. The fourth-order valence-corrected chi connectivity index (χ4v) is 1.80. The van der Waals surface area contributed by atoms with Crippen molar-refractivity contribution in [3.05, 3.63) is 27.7 Å². The minimum Gasteiger partial charge on any atom is -0.310 e. The molecule has 0 unspecified atom stereocenters. The molecule has 19 heavy (non-hydrogen) atoms. The van der Waals surface area contributed by atoms with Gasteiger partial charge in [-0.15, -0.1) is 0 Å². The molecule has 0 fully saturated rings. The molecule has 4 nitrogen and oxygen atoms in total. The molecule has 0 aromatic carbocycles. The second-order valence-electron chi connectivity index (χ2n) is 5.67. The van der Waals surface area contributed by atoms with Crippen LogP contribution in [0.5, 0.6) is 0 Å². The summed E-state index contributed by atoms with van der Waals surface area (Å²) >= 11 is 0. The maximum Gasteiger partial charge on any atom is 0.271 e. The van der Waals surface area contributed by atoms with Gasteiger partial charge in [0.1, 0.15) is 0 Å². The van der Waals surface area contributed by atoms with Crippen molar-refractivity contribution in [2.75, 3.05) is 0 Å². The summed E-state index contributed by atoms with van der Waals surface area (Å²) in [5, 5.41) is 7.78. The van der Waals surface area contributed by atoms with Gasteiger partial charge in [-0.3, -0.25) is 4.79 Å². The maximum atomic E-state index is 12.3. The quantitative estimate of drug-likeness (QED) is 0.824. The van der Waals surface area contributed by atoms with Crippen LogP contribution in [0.25, 0.3) is 0 Å². The van der Waals surface area contributed by atoms with Crippen molar-refractivity contribution in [1.29, 1.82) is 0 Å². The minimum absolute atomic E-state index is 0.0472. The maximum absolute atomic E-state index is 12.3. The lowest BCUT2D eigenvalue weighted by atomic mass is 10.1. The van der Waals surface area contributed by atoms with Crippen LogP contribution in [0.2, 0.25) is 0 Å². The lowest BCUT2D eigenvalue weighted by molar-refractivity contribution is 0.511. The summed E-state index contributed by atoms with van der Waals surface area (Å²) in [6.07, 6.45) is 2.06. The molecule has 1 rings (SSSR count). The van der Waals surface area contributed by atoms with Crippen LogP contribution in [-0.2, 0) is 13.1 Å². The third-order valence-corrected chi connectivity index (χ3v) is 3.08. The van der Waals surface area contributed by atoms with Gasteiger partial charge >= 0.3 is 0 Å². The van der Waals surface area contributed by atoms with Gasteiger partial charge in [-0.2, -0.15) is 5.10 Å². The molecule has 0 aliphatic rings. The molecule has 1 N–H and O–H groups in total.